The summed E-state index contributed by atoms with van der Waals surface area (Å²) >= 11 is 3.41. The standard InChI is InChI=1S/C27H23BrN2O4/c1-3-7-20-12-19(13-24(32-2)26(20)33-17-18-8-5-4-6-9-18)16-29-30-27(31)25-15-21-14-22(28)10-11-23(21)34-25/h3-6,8-16H,1,7,17H2,2H3,(H,30,31)/b29-16+. The van der Waals surface area contributed by atoms with Gasteiger partial charge in [0.15, 0.2) is 17.3 Å². The van der Waals surface area contributed by atoms with E-state index in [4.69, 9.17) is 13.9 Å². The molecule has 0 aliphatic heterocycles. The Kier molecular flexibility index (Phi) is 7.44. The number of amides is 1. The van der Waals surface area contributed by atoms with Crippen molar-refractivity contribution in [1.29, 1.82) is 0 Å². The van der Waals surface area contributed by atoms with Crippen LogP contribution < -0.4 is 14.9 Å². The topological polar surface area (TPSA) is 73.1 Å². The van der Waals surface area contributed by atoms with Crippen molar-refractivity contribution in [2.75, 3.05) is 7.11 Å². The van der Waals surface area contributed by atoms with Crippen LogP contribution in [0.5, 0.6) is 11.5 Å². The van der Waals surface area contributed by atoms with Crippen LogP contribution in [-0.2, 0) is 13.0 Å². The third-order valence-corrected chi connectivity index (χ3v) is 5.54. The first-order valence-electron chi connectivity index (χ1n) is 10.6. The second-order valence-corrected chi connectivity index (χ2v) is 8.39. The molecule has 1 N–H and O–H groups in total. The van der Waals surface area contributed by atoms with Crippen LogP contribution in [0.1, 0.15) is 27.2 Å². The number of ether oxygens (including phenoxy) is 2. The molecule has 1 amide bonds. The van der Waals surface area contributed by atoms with E-state index < -0.39 is 5.91 Å². The second kappa shape index (κ2) is 10.9. The van der Waals surface area contributed by atoms with Gasteiger partial charge in [0.2, 0.25) is 0 Å². The van der Waals surface area contributed by atoms with Crippen molar-refractivity contribution in [3.05, 3.63) is 106 Å². The van der Waals surface area contributed by atoms with Gasteiger partial charge >= 0.3 is 5.91 Å². The fourth-order valence-corrected chi connectivity index (χ4v) is 3.84. The highest BCUT2D eigenvalue weighted by atomic mass is 79.9. The molecule has 0 fully saturated rings. The summed E-state index contributed by atoms with van der Waals surface area (Å²) in [7, 11) is 1.59. The van der Waals surface area contributed by atoms with Gasteiger partial charge in [-0.2, -0.15) is 5.10 Å². The molecule has 6 nitrogen and oxygen atoms in total. The summed E-state index contributed by atoms with van der Waals surface area (Å²) in [5, 5.41) is 4.92. The Hall–Kier alpha value is -3.84. The average Bonchev–Trinajstić information content (AvgIpc) is 3.27. The second-order valence-electron chi connectivity index (χ2n) is 7.47. The molecule has 172 valence electrons. The number of benzene rings is 3. The largest absolute Gasteiger partial charge is 0.493 e. The summed E-state index contributed by atoms with van der Waals surface area (Å²) in [6.07, 6.45) is 3.93. The van der Waals surface area contributed by atoms with Crippen molar-refractivity contribution in [2.45, 2.75) is 13.0 Å². The van der Waals surface area contributed by atoms with Crippen molar-refractivity contribution in [1.82, 2.24) is 5.43 Å². The van der Waals surface area contributed by atoms with Gasteiger partial charge in [0, 0.05) is 15.4 Å². The minimum absolute atomic E-state index is 0.180. The lowest BCUT2D eigenvalue weighted by atomic mass is 10.1. The molecule has 0 saturated carbocycles. The van der Waals surface area contributed by atoms with Gasteiger partial charge in [-0.1, -0.05) is 52.3 Å². The first-order chi connectivity index (χ1) is 16.6. The maximum absolute atomic E-state index is 12.5. The minimum atomic E-state index is -0.440. The zero-order chi connectivity index (χ0) is 23.9. The van der Waals surface area contributed by atoms with Gasteiger partial charge in [-0.25, -0.2) is 5.43 Å². The molecule has 3 aromatic carbocycles. The van der Waals surface area contributed by atoms with Crippen LogP contribution in [0, 0.1) is 0 Å². The van der Waals surface area contributed by atoms with Crippen LogP contribution in [0.4, 0.5) is 0 Å². The van der Waals surface area contributed by atoms with Crippen LogP contribution in [0.3, 0.4) is 0 Å². The molecule has 1 aromatic heterocycles. The molecule has 4 rings (SSSR count). The van der Waals surface area contributed by atoms with Crippen molar-refractivity contribution >= 4 is 39.0 Å². The molecule has 0 saturated heterocycles. The SMILES string of the molecule is C=CCc1cc(/C=N/NC(=O)c2cc3cc(Br)ccc3o2)cc(OC)c1OCc1ccccc1. The lowest BCUT2D eigenvalue weighted by molar-refractivity contribution is 0.0929. The molecule has 0 aliphatic carbocycles. The van der Waals surface area contributed by atoms with Crippen LogP contribution in [0.2, 0.25) is 0 Å². The Bertz CT molecular complexity index is 1350. The summed E-state index contributed by atoms with van der Waals surface area (Å²) in [6, 6.07) is 20.9. The molecule has 1 heterocycles. The first kappa shape index (κ1) is 23.3. The molecule has 0 unspecified atom stereocenters. The number of nitrogens with one attached hydrogen (secondary N) is 1. The van der Waals surface area contributed by atoms with E-state index in [1.54, 1.807) is 37.6 Å². The highest BCUT2D eigenvalue weighted by Crippen LogP contribution is 2.34. The molecule has 34 heavy (non-hydrogen) atoms. The normalized spacial score (nSPS) is 11.0. The molecular formula is C27H23BrN2O4. The Balaban J connectivity index is 1.50. The van der Waals surface area contributed by atoms with E-state index in [9.17, 15) is 4.79 Å². The zero-order valence-electron chi connectivity index (χ0n) is 18.6. The number of carbonyl (C=O) groups is 1. The average molecular weight is 519 g/mol. The summed E-state index contributed by atoms with van der Waals surface area (Å²) < 4.78 is 18.2. The van der Waals surface area contributed by atoms with Crippen molar-refractivity contribution in [2.24, 2.45) is 5.10 Å². The van der Waals surface area contributed by atoms with Gasteiger partial charge in [-0.15, -0.1) is 6.58 Å². The number of hydrazone groups is 1. The molecule has 0 aliphatic rings. The van der Waals surface area contributed by atoms with Gasteiger partial charge in [0.05, 0.1) is 13.3 Å². The van der Waals surface area contributed by atoms with Gasteiger partial charge in [-0.05, 0) is 53.9 Å². The summed E-state index contributed by atoms with van der Waals surface area (Å²) in [6.45, 7) is 4.26. The molecule has 0 radical (unpaired) electrons. The molecule has 0 bridgehead atoms. The highest BCUT2D eigenvalue weighted by Gasteiger charge is 2.14. The third kappa shape index (κ3) is 5.55. The van der Waals surface area contributed by atoms with Crippen molar-refractivity contribution < 1.29 is 18.7 Å². The van der Waals surface area contributed by atoms with Crippen LogP contribution in [-0.4, -0.2) is 19.2 Å². The number of methoxy groups -OCH3 is 1. The quantitative estimate of drug-likeness (QED) is 0.161. The molecule has 0 spiro atoms. The summed E-state index contributed by atoms with van der Waals surface area (Å²) in [4.78, 5) is 12.5. The Morgan fingerprint density at radius 1 is 1.15 bits per heavy atom. The number of hydrogen-bond donors (Lipinski definition) is 1. The Morgan fingerprint density at radius 2 is 1.97 bits per heavy atom. The van der Waals surface area contributed by atoms with Crippen LogP contribution in [0.15, 0.2) is 93.4 Å². The number of hydrogen-bond acceptors (Lipinski definition) is 5. The fourth-order valence-electron chi connectivity index (χ4n) is 3.46. The van der Waals surface area contributed by atoms with Crippen LogP contribution in [0.25, 0.3) is 11.0 Å². The minimum Gasteiger partial charge on any atom is -0.493 e. The lowest BCUT2D eigenvalue weighted by Crippen LogP contribution is -2.16. The fraction of sp³-hybridized carbons (Fsp3) is 0.111. The highest BCUT2D eigenvalue weighted by molar-refractivity contribution is 9.10. The Morgan fingerprint density at radius 3 is 2.74 bits per heavy atom. The molecule has 4 aromatic rings. The maximum atomic E-state index is 12.5. The lowest BCUT2D eigenvalue weighted by Gasteiger charge is -2.15. The van der Waals surface area contributed by atoms with Crippen molar-refractivity contribution in [3.63, 3.8) is 0 Å². The van der Waals surface area contributed by atoms with E-state index in [-0.39, 0.29) is 5.76 Å². The number of nitrogens with zero attached hydrogens (tertiary/aromatic N) is 1. The molecular weight excluding hydrogens is 496 g/mol. The van der Waals surface area contributed by atoms with Gasteiger partial charge in [0.1, 0.15) is 12.2 Å². The van der Waals surface area contributed by atoms with Gasteiger partial charge in [0.25, 0.3) is 0 Å². The van der Waals surface area contributed by atoms with E-state index >= 15 is 0 Å². The summed E-state index contributed by atoms with van der Waals surface area (Å²) in [5.41, 5.74) is 5.84. The van der Waals surface area contributed by atoms with E-state index in [2.05, 4.69) is 33.0 Å². The van der Waals surface area contributed by atoms with E-state index in [0.717, 1.165) is 26.5 Å². The number of carbonyl (C=O) groups excluding carboxylic acids is 1. The Labute approximate surface area is 206 Å². The number of furan rings is 1. The van der Waals surface area contributed by atoms with E-state index in [0.29, 0.717) is 30.1 Å². The van der Waals surface area contributed by atoms with E-state index in [1.165, 1.54) is 0 Å². The predicted molar refractivity (Wildman–Crippen MR) is 137 cm³/mol. The predicted octanol–water partition coefficient (Wildman–Crippen LogP) is 6.28. The van der Waals surface area contributed by atoms with Gasteiger partial charge in [-0.3, -0.25) is 4.79 Å². The number of fused-ring (bicyclic) bond motifs is 1. The van der Waals surface area contributed by atoms with Crippen molar-refractivity contribution in [3.8, 4) is 11.5 Å². The van der Waals surface area contributed by atoms with Crippen LogP contribution >= 0.6 is 15.9 Å². The third-order valence-electron chi connectivity index (χ3n) is 5.05. The summed E-state index contributed by atoms with van der Waals surface area (Å²) in [5.74, 6) is 0.969. The number of halogens is 1. The molecule has 0 atom stereocenters. The van der Waals surface area contributed by atoms with E-state index in [1.807, 2.05) is 48.5 Å². The number of rotatable bonds is 9. The van der Waals surface area contributed by atoms with Gasteiger partial charge < -0.3 is 13.9 Å². The maximum Gasteiger partial charge on any atom is 0.307 e. The monoisotopic (exact) mass is 518 g/mol. The smallest absolute Gasteiger partial charge is 0.307 e. The number of allylic oxidation sites excluding steroid dienone is 1. The first-order valence-corrected chi connectivity index (χ1v) is 11.4. The zero-order valence-corrected chi connectivity index (χ0v) is 20.2. The molecule has 7 heteroatoms.